The smallest absolute Gasteiger partial charge is 0.260 e. The third-order valence-electron chi connectivity index (χ3n) is 3.44. The van der Waals surface area contributed by atoms with Gasteiger partial charge in [0.1, 0.15) is 0 Å². The largest absolute Gasteiger partial charge is 0.278 e. The minimum atomic E-state index is -0.173. The summed E-state index contributed by atoms with van der Waals surface area (Å²) in [6.45, 7) is 4.61. The van der Waals surface area contributed by atoms with Gasteiger partial charge >= 0.3 is 0 Å². The highest BCUT2D eigenvalue weighted by atomic mass is 79.9. The van der Waals surface area contributed by atoms with Crippen LogP contribution in [0.4, 0.5) is 0 Å². The zero-order valence-electron chi connectivity index (χ0n) is 11.3. The van der Waals surface area contributed by atoms with E-state index in [1.807, 2.05) is 19.1 Å². The summed E-state index contributed by atoms with van der Waals surface area (Å²) >= 11 is 3.39. The van der Waals surface area contributed by atoms with E-state index in [9.17, 15) is 9.59 Å². The molecule has 1 fully saturated rings. The summed E-state index contributed by atoms with van der Waals surface area (Å²) in [6.07, 6.45) is 2.57. The highest BCUT2D eigenvalue weighted by Crippen LogP contribution is 2.25. The fraction of sp³-hybridized carbons (Fsp3) is 0.467. The number of imide groups is 1. The average molecular weight is 324 g/mol. The molecule has 0 N–H and O–H groups in total. The fourth-order valence-corrected chi connectivity index (χ4v) is 3.20. The quantitative estimate of drug-likeness (QED) is 0.798. The highest BCUT2D eigenvalue weighted by Gasteiger charge is 2.33. The third kappa shape index (κ3) is 3.24. The molecular formula is C15H18BrNO2. The van der Waals surface area contributed by atoms with E-state index in [1.54, 1.807) is 6.07 Å². The molecule has 1 aromatic rings. The van der Waals surface area contributed by atoms with Crippen LogP contribution in [0.25, 0.3) is 0 Å². The minimum absolute atomic E-state index is 0.0407. The third-order valence-corrected chi connectivity index (χ3v) is 3.89. The topological polar surface area (TPSA) is 37.4 Å². The van der Waals surface area contributed by atoms with E-state index in [-0.39, 0.29) is 11.8 Å². The highest BCUT2D eigenvalue weighted by molar-refractivity contribution is 9.10. The molecule has 0 radical (unpaired) electrons. The summed E-state index contributed by atoms with van der Waals surface area (Å²) < 4.78 is 0.868. The Morgan fingerprint density at radius 1 is 1.42 bits per heavy atom. The van der Waals surface area contributed by atoms with Crippen molar-refractivity contribution in [2.45, 2.75) is 33.1 Å². The number of likely N-dealkylation sites (tertiary alicyclic amines) is 1. The van der Waals surface area contributed by atoms with Gasteiger partial charge in [0.15, 0.2) is 0 Å². The molecule has 1 unspecified atom stereocenters. The van der Waals surface area contributed by atoms with Gasteiger partial charge < -0.3 is 0 Å². The Hall–Kier alpha value is -1.16. The van der Waals surface area contributed by atoms with Crippen LogP contribution in [0.15, 0.2) is 22.7 Å². The summed E-state index contributed by atoms with van der Waals surface area (Å²) in [5.74, 6) is 0.115. The summed E-state index contributed by atoms with van der Waals surface area (Å²) in [5.41, 5.74) is 1.59. The molecular weight excluding hydrogens is 306 g/mol. The molecule has 2 amide bonds. The second-order valence-corrected chi connectivity index (χ2v) is 6.10. The van der Waals surface area contributed by atoms with E-state index in [0.29, 0.717) is 24.4 Å². The number of amides is 2. The van der Waals surface area contributed by atoms with E-state index in [0.717, 1.165) is 22.9 Å². The van der Waals surface area contributed by atoms with Crippen LogP contribution >= 0.6 is 15.9 Å². The van der Waals surface area contributed by atoms with Crippen LogP contribution < -0.4 is 0 Å². The van der Waals surface area contributed by atoms with Crippen molar-refractivity contribution < 1.29 is 9.59 Å². The number of aryl methyl sites for hydroxylation is 1. The van der Waals surface area contributed by atoms with Gasteiger partial charge in [0.05, 0.1) is 0 Å². The first-order valence-corrected chi connectivity index (χ1v) is 7.42. The van der Waals surface area contributed by atoms with Crippen molar-refractivity contribution in [1.82, 2.24) is 4.90 Å². The molecule has 0 aliphatic carbocycles. The monoisotopic (exact) mass is 323 g/mol. The second kappa shape index (κ2) is 5.87. The number of nitrogens with zero attached hydrogens (tertiary/aromatic N) is 1. The number of halogens is 1. The van der Waals surface area contributed by atoms with Crippen molar-refractivity contribution in [3.63, 3.8) is 0 Å². The molecule has 1 aliphatic rings. The van der Waals surface area contributed by atoms with Gasteiger partial charge in [-0.1, -0.05) is 29.3 Å². The fourth-order valence-electron chi connectivity index (χ4n) is 2.60. The van der Waals surface area contributed by atoms with Crippen LogP contribution in [0.1, 0.15) is 42.1 Å². The van der Waals surface area contributed by atoms with E-state index in [2.05, 4.69) is 22.9 Å². The SMILES string of the molecule is CCCC1CC(=O)N(C(=O)c2cc(C)cc(Br)c2)C1. The summed E-state index contributed by atoms with van der Waals surface area (Å²) in [7, 11) is 0. The lowest BCUT2D eigenvalue weighted by molar-refractivity contribution is -0.125. The zero-order valence-corrected chi connectivity index (χ0v) is 12.9. The van der Waals surface area contributed by atoms with Crippen molar-refractivity contribution in [2.75, 3.05) is 6.54 Å². The summed E-state index contributed by atoms with van der Waals surface area (Å²) in [6, 6.07) is 5.55. The van der Waals surface area contributed by atoms with Crippen molar-refractivity contribution >= 4 is 27.7 Å². The van der Waals surface area contributed by atoms with Gasteiger partial charge in [0.25, 0.3) is 5.91 Å². The van der Waals surface area contributed by atoms with E-state index >= 15 is 0 Å². The standard InChI is InChI=1S/C15H18BrNO2/c1-3-4-11-7-14(18)17(9-11)15(19)12-5-10(2)6-13(16)8-12/h5-6,8,11H,3-4,7,9H2,1-2H3. The predicted octanol–water partition coefficient (Wildman–Crippen LogP) is 3.55. The summed E-state index contributed by atoms with van der Waals surface area (Å²) in [4.78, 5) is 25.7. The molecule has 19 heavy (non-hydrogen) atoms. The van der Waals surface area contributed by atoms with Crippen molar-refractivity contribution in [3.05, 3.63) is 33.8 Å². The first-order valence-electron chi connectivity index (χ1n) is 6.63. The zero-order chi connectivity index (χ0) is 14.0. The number of benzene rings is 1. The molecule has 102 valence electrons. The maximum absolute atomic E-state index is 12.4. The second-order valence-electron chi connectivity index (χ2n) is 5.19. The first-order chi connectivity index (χ1) is 9.01. The predicted molar refractivity (Wildman–Crippen MR) is 77.9 cm³/mol. The van der Waals surface area contributed by atoms with Crippen molar-refractivity contribution in [3.8, 4) is 0 Å². The molecule has 1 aliphatic heterocycles. The molecule has 0 aromatic heterocycles. The lowest BCUT2D eigenvalue weighted by atomic mass is 10.0. The minimum Gasteiger partial charge on any atom is -0.278 e. The van der Waals surface area contributed by atoms with Gasteiger partial charge in [-0.2, -0.15) is 0 Å². The van der Waals surface area contributed by atoms with E-state index in [1.165, 1.54) is 4.90 Å². The number of hydrogen-bond donors (Lipinski definition) is 0. The Morgan fingerprint density at radius 2 is 2.16 bits per heavy atom. The molecule has 1 saturated heterocycles. The maximum atomic E-state index is 12.4. The Bertz CT molecular complexity index is 493. The molecule has 0 saturated carbocycles. The first kappa shape index (κ1) is 14.3. The van der Waals surface area contributed by atoms with Gasteiger partial charge in [-0.05, 0) is 43.0 Å². The van der Waals surface area contributed by atoms with Crippen LogP contribution in [0.5, 0.6) is 0 Å². The van der Waals surface area contributed by atoms with Gasteiger partial charge in [-0.15, -0.1) is 0 Å². The Kier molecular flexibility index (Phi) is 4.40. The van der Waals surface area contributed by atoms with Gasteiger partial charge in [-0.25, -0.2) is 0 Å². The molecule has 0 spiro atoms. The number of carbonyl (C=O) groups is 2. The molecule has 1 heterocycles. The maximum Gasteiger partial charge on any atom is 0.260 e. The van der Waals surface area contributed by atoms with Gasteiger partial charge in [0, 0.05) is 23.0 Å². The summed E-state index contributed by atoms with van der Waals surface area (Å²) in [5, 5.41) is 0. The van der Waals surface area contributed by atoms with Crippen LogP contribution in [0, 0.1) is 12.8 Å². The molecule has 3 nitrogen and oxygen atoms in total. The lowest BCUT2D eigenvalue weighted by Crippen LogP contribution is -2.32. The number of hydrogen-bond acceptors (Lipinski definition) is 2. The van der Waals surface area contributed by atoms with Crippen molar-refractivity contribution in [2.24, 2.45) is 5.92 Å². The molecule has 1 aromatic carbocycles. The van der Waals surface area contributed by atoms with Crippen LogP contribution in [-0.2, 0) is 4.79 Å². The molecule has 2 rings (SSSR count). The van der Waals surface area contributed by atoms with Crippen LogP contribution in [0.2, 0.25) is 0 Å². The van der Waals surface area contributed by atoms with Crippen LogP contribution in [-0.4, -0.2) is 23.3 Å². The number of rotatable bonds is 3. The van der Waals surface area contributed by atoms with E-state index < -0.39 is 0 Å². The normalized spacial score (nSPS) is 19.0. The Labute approximate surface area is 122 Å². The van der Waals surface area contributed by atoms with E-state index in [4.69, 9.17) is 0 Å². The molecule has 1 atom stereocenters. The lowest BCUT2D eigenvalue weighted by Gasteiger charge is -2.15. The Balaban J connectivity index is 2.18. The molecule has 0 bridgehead atoms. The van der Waals surface area contributed by atoms with Gasteiger partial charge in [-0.3, -0.25) is 14.5 Å². The average Bonchev–Trinajstić information content (AvgIpc) is 2.68. The van der Waals surface area contributed by atoms with Crippen molar-refractivity contribution in [1.29, 1.82) is 0 Å². The molecule has 4 heteroatoms. The van der Waals surface area contributed by atoms with Crippen LogP contribution in [0.3, 0.4) is 0 Å². The Morgan fingerprint density at radius 3 is 2.79 bits per heavy atom. The van der Waals surface area contributed by atoms with Gasteiger partial charge in [0.2, 0.25) is 5.91 Å². The number of carbonyl (C=O) groups excluding carboxylic acids is 2.